The molecule has 4 amide bonds. The predicted octanol–water partition coefficient (Wildman–Crippen LogP) is 0.592. The summed E-state index contributed by atoms with van der Waals surface area (Å²) in [4.78, 5) is 74.6. The molecule has 15 heteroatoms. The van der Waals surface area contributed by atoms with Crippen molar-refractivity contribution < 1.29 is 44.1 Å². The summed E-state index contributed by atoms with van der Waals surface area (Å²) in [5.41, 5.74) is 6.54. The first-order valence-electron chi connectivity index (χ1n) is 14.5. The summed E-state index contributed by atoms with van der Waals surface area (Å²) in [7, 11) is 0. The van der Waals surface area contributed by atoms with Gasteiger partial charge < -0.3 is 42.3 Å². The van der Waals surface area contributed by atoms with E-state index in [1.165, 1.54) is 36.0 Å². The van der Waals surface area contributed by atoms with Crippen LogP contribution in [0.4, 0.5) is 5.69 Å². The molecule has 2 rings (SSSR count). The summed E-state index contributed by atoms with van der Waals surface area (Å²) in [6.07, 6.45) is -0.487. The molecule has 14 nitrogen and oxygen atoms in total. The first kappa shape index (κ1) is 37.7. The number of amides is 4. The predicted molar refractivity (Wildman–Crippen MR) is 172 cm³/mol. The molecular weight excluding hydrogens is 618 g/mol. The van der Waals surface area contributed by atoms with Crippen molar-refractivity contribution in [1.82, 2.24) is 16.0 Å². The summed E-state index contributed by atoms with van der Waals surface area (Å²) >= 11 is 1.25. The number of carboxylic acid groups (broad SMARTS) is 2. The van der Waals surface area contributed by atoms with E-state index in [9.17, 15) is 39.0 Å². The number of hydrogen-bond acceptors (Lipinski definition) is 9. The van der Waals surface area contributed by atoms with Crippen LogP contribution in [0.5, 0.6) is 0 Å². The van der Waals surface area contributed by atoms with Crippen LogP contribution in [0.1, 0.15) is 42.6 Å². The third kappa shape index (κ3) is 12.1. The van der Waals surface area contributed by atoms with Crippen LogP contribution in [-0.4, -0.2) is 93.2 Å². The fourth-order valence-corrected chi connectivity index (χ4v) is 4.91. The fourth-order valence-electron chi connectivity index (χ4n) is 4.34. The fraction of sp³-hybridized carbons (Fsp3) is 0.419. The second-order valence-electron chi connectivity index (χ2n) is 10.9. The van der Waals surface area contributed by atoms with Crippen molar-refractivity contribution >= 4 is 53.0 Å². The number of benzene rings is 2. The highest BCUT2D eigenvalue weighted by atomic mass is 32.2. The standard InChI is InChI=1S/C31H41N5O9S/c1-17(2)25(36-27(40)21(32)12-13-24(37)38)29(42)35-23(16-46-3)28(41)34-22(14-18-8-5-4-6-9-18)26(39)30(43)33-20-11-7-10-19(15-20)31(44)45/h4-11,15,17,21-23,25-26,39H,12-14,16,32H2,1-3H3,(H,33,43)(H,34,41)(H,35,42)(H,36,40)(H,37,38)(H,44,45)/t21-,22-,23-,25-,26+/m0/s1. The second-order valence-corrected chi connectivity index (χ2v) is 11.8. The van der Waals surface area contributed by atoms with Gasteiger partial charge in [-0.05, 0) is 48.8 Å². The Bertz CT molecular complexity index is 1380. The molecule has 0 aliphatic heterocycles. The zero-order valence-electron chi connectivity index (χ0n) is 25.8. The maximum atomic E-state index is 13.5. The van der Waals surface area contributed by atoms with E-state index in [0.717, 1.165) is 0 Å². The Hall–Kier alpha value is -4.47. The van der Waals surface area contributed by atoms with Gasteiger partial charge in [0.05, 0.1) is 17.6 Å². The molecule has 0 aliphatic rings. The summed E-state index contributed by atoms with van der Waals surface area (Å²) < 4.78 is 0. The lowest BCUT2D eigenvalue weighted by Crippen LogP contribution is -2.60. The van der Waals surface area contributed by atoms with Crippen molar-refractivity contribution in [2.45, 2.75) is 63.4 Å². The van der Waals surface area contributed by atoms with Crippen LogP contribution in [0, 0.1) is 5.92 Å². The van der Waals surface area contributed by atoms with Gasteiger partial charge >= 0.3 is 11.9 Å². The molecule has 0 bridgehead atoms. The Morgan fingerprint density at radius 1 is 0.848 bits per heavy atom. The second kappa shape index (κ2) is 18.5. The van der Waals surface area contributed by atoms with E-state index in [1.807, 2.05) is 0 Å². The lowest BCUT2D eigenvalue weighted by molar-refractivity contribution is -0.137. The van der Waals surface area contributed by atoms with Crippen LogP contribution in [0.25, 0.3) is 0 Å². The molecule has 2 aromatic carbocycles. The molecule has 0 radical (unpaired) electrons. The molecule has 46 heavy (non-hydrogen) atoms. The van der Waals surface area contributed by atoms with Crippen molar-refractivity contribution in [2.24, 2.45) is 11.7 Å². The first-order valence-corrected chi connectivity index (χ1v) is 15.9. The van der Waals surface area contributed by atoms with Gasteiger partial charge in [0.2, 0.25) is 17.7 Å². The zero-order chi connectivity index (χ0) is 34.4. The molecule has 250 valence electrons. The molecule has 0 heterocycles. The minimum Gasteiger partial charge on any atom is -0.481 e. The summed E-state index contributed by atoms with van der Waals surface area (Å²) in [6.45, 7) is 3.35. The monoisotopic (exact) mass is 659 g/mol. The maximum absolute atomic E-state index is 13.5. The largest absolute Gasteiger partial charge is 0.481 e. The van der Waals surface area contributed by atoms with E-state index in [4.69, 9.17) is 10.8 Å². The number of carboxylic acids is 2. The number of anilines is 1. The Labute approximate surface area is 270 Å². The molecule has 0 aromatic heterocycles. The molecule has 0 unspecified atom stereocenters. The Morgan fingerprint density at radius 2 is 1.52 bits per heavy atom. The molecule has 2 aromatic rings. The zero-order valence-corrected chi connectivity index (χ0v) is 26.6. The van der Waals surface area contributed by atoms with Gasteiger partial charge in [-0.1, -0.05) is 50.2 Å². The molecule has 0 saturated heterocycles. The van der Waals surface area contributed by atoms with Gasteiger partial charge in [-0.15, -0.1) is 0 Å². The summed E-state index contributed by atoms with van der Waals surface area (Å²) in [5.74, 6) is -5.63. The molecular formula is C31H41N5O9S. The van der Waals surface area contributed by atoms with Crippen molar-refractivity contribution in [2.75, 3.05) is 17.3 Å². The molecule has 5 atom stereocenters. The van der Waals surface area contributed by atoms with E-state index in [2.05, 4.69) is 21.3 Å². The first-order chi connectivity index (χ1) is 21.7. The Morgan fingerprint density at radius 3 is 2.11 bits per heavy atom. The van der Waals surface area contributed by atoms with E-state index < -0.39 is 71.8 Å². The van der Waals surface area contributed by atoms with Crippen LogP contribution in [-0.2, 0) is 30.4 Å². The van der Waals surface area contributed by atoms with Crippen molar-refractivity contribution in [1.29, 1.82) is 0 Å². The number of nitrogens with one attached hydrogen (secondary N) is 4. The van der Waals surface area contributed by atoms with Gasteiger partial charge in [-0.2, -0.15) is 11.8 Å². The van der Waals surface area contributed by atoms with E-state index in [0.29, 0.717) is 5.56 Å². The topological polar surface area (TPSA) is 237 Å². The number of hydrogen-bond donors (Lipinski definition) is 8. The van der Waals surface area contributed by atoms with Crippen LogP contribution in [0.15, 0.2) is 54.6 Å². The number of aliphatic hydroxyl groups is 1. The quantitative estimate of drug-likeness (QED) is 0.110. The van der Waals surface area contributed by atoms with Gasteiger partial charge in [0, 0.05) is 17.9 Å². The number of nitrogens with two attached hydrogens (primary N) is 1. The Balaban J connectivity index is 2.23. The lowest BCUT2D eigenvalue weighted by Gasteiger charge is -2.28. The number of aromatic carboxylic acids is 1. The number of carbonyl (C=O) groups excluding carboxylic acids is 4. The highest BCUT2D eigenvalue weighted by Gasteiger charge is 2.33. The molecule has 0 spiro atoms. The minimum absolute atomic E-state index is 0.0369. The van der Waals surface area contributed by atoms with Gasteiger partial charge in [0.25, 0.3) is 5.91 Å². The van der Waals surface area contributed by atoms with Crippen molar-refractivity contribution in [3.05, 3.63) is 65.7 Å². The third-order valence-electron chi connectivity index (χ3n) is 6.87. The highest BCUT2D eigenvalue weighted by Crippen LogP contribution is 2.14. The SMILES string of the molecule is CSC[C@H](NC(=O)[C@@H](NC(=O)[C@@H](N)CCC(=O)O)C(C)C)C(=O)N[C@@H](Cc1ccccc1)[C@@H](O)C(=O)Nc1cccc(C(=O)O)c1. The average molecular weight is 660 g/mol. The van der Waals surface area contributed by atoms with Crippen LogP contribution >= 0.6 is 11.8 Å². The van der Waals surface area contributed by atoms with E-state index >= 15 is 0 Å². The lowest BCUT2D eigenvalue weighted by atomic mass is 9.99. The van der Waals surface area contributed by atoms with Gasteiger partial charge in [0.1, 0.15) is 12.1 Å². The number of aliphatic hydroxyl groups excluding tert-OH is 1. The van der Waals surface area contributed by atoms with E-state index in [1.54, 1.807) is 50.4 Å². The number of carbonyl (C=O) groups is 6. The number of thioether (sulfide) groups is 1. The van der Waals surface area contributed by atoms with Gasteiger partial charge in [-0.3, -0.25) is 24.0 Å². The van der Waals surface area contributed by atoms with E-state index in [-0.39, 0.29) is 36.3 Å². The molecule has 0 aliphatic carbocycles. The molecule has 0 saturated carbocycles. The minimum atomic E-state index is -1.78. The summed E-state index contributed by atoms with van der Waals surface area (Å²) in [6, 6.07) is 9.68. The third-order valence-corrected chi connectivity index (χ3v) is 7.54. The normalized spacial score (nSPS) is 14.2. The highest BCUT2D eigenvalue weighted by molar-refractivity contribution is 7.98. The van der Waals surface area contributed by atoms with Crippen molar-refractivity contribution in [3.8, 4) is 0 Å². The van der Waals surface area contributed by atoms with Gasteiger partial charge in [-0.25, -0.2) is 4.79 Å². The Kier molecular flexibility index (Phi) is 15.2. The van der Waals surface area contributed by atoms with Crippen LogP contribution < -0.4 is 27.0 Å². The molecule has 0 fully saturated rings. The van der Waals surface area contributed by atoms with Crippen LogP contribution in [0.3, 0.4) is 0 Å². The van der Waals surface area contributed by atoms with Crippen LogP contribution in [0.2, 0.25) is 0 Å². The average Bonchev–Trinajstić information content (AvgIpc) is 3.01. The van der Waals surface area contributed by atoms with Gasteiger partial charge in [0.15, 0.2) is 6.10 Å². The smallest absolute Gasteiger partial charge is 0.335 e. The number of rotatable bonds is 18. The number of aliphatic carboxylic acids is 1. The maximum Gasteiger partial charge on any atom is 0.335 e. The summed E-state index contributed by atoms with van der Waals surface area (Å²) in [5, 5.41) is 39.5. The van der Waals surface area contributed by atoms with Crippen molar-refractivity contribution in [3.63, 3.8) is 0 Å². The molecule has 9 N–H and O–H groups in total.